The third-order valence-corrected chi connectivity index (χ3v) is 15.6. The zero-order chi connectivity index (χ0) is 36.5. The van der Waals surface area contributed by atoms with Crippen molar-refractivity contribution in [3.63, 3.8) is 0 Å². The van der Waals surface area contributed by atoms with E-state index in [9.17, 15) is 4.79 Å². The minimum Gasteiger partial charge on any atom is -0.481 e. The Kier molecular flexibility index (Phi) is 18.7. The van der Waals surface area contributed by atoms with Crippen molar-refractivity contribution in [2.45, 2.75) is 227 Å². The van der Waals surface area contributed by atoms with Gasteiger partial charge in [0.2, 0.25) is 0 Å². The van der Waals surface area contributed by atoms with Crippen molar-refractivity contribution in [2.24, 2.45) is 52.3 Å². The van der Waals surface area contributed by atoms with Gasteiger partial charge in [0.1, 0.15) is 0 Å². The molecule has 2 nitrogen and oxygen atoms in total. The van der Waals surface area contributed by atoms with Crippen LogP contribution in [0.4, 0.5) is 0 Å². The molecule has 51 heavy (non-hydrogen) atoms. The monoisotopic (exact) mass is 707 g/mol. The number of fused-ring (bicyclic) bond motifs is 5. The summed E-state index contributed by atoms with van der Waals surface area (Å²) < 4.78 is 0. The molecule has 3 fully saturated rings. The van der Waals surface area contributed by atoms with E-state index in [-0.39, 0.29) is 0 Å². The van der Waals surface area contributed by atoms with Crippen LogP contribution in [-0.4, -0.2) is 11.1 Å². The van der Waals surface area contributed by atoms with E-state index in [0.717, 1.165) is 54.3 Å². The Morgan fingerprint density at radius 3 is 1.96 bits per heavy atom. The third-order valence-electron chi connectivity index (χ3n) is 15.6. The summed E-state index contributed by atoms with van der Waals surface area (Å²) in [5.74, 6) is 6.00. The Bertz CT molecular complexity index is 1040. The van der Waals surface area contributed by atoms with Crippen molar-refractivity contribution < 1.29 is 9.90 Å². The standard InChI is InChI=1S/C49H86O2/c1-39(2)26-25-27-40(3)44-32-33-45-43-31-30-42-38-41(34-36-48(42,4)46(43)35-37-49(44,45)5)28-23-21-19-17-15-13-11-9-7-6-8-10-12-14-16-18-20-22-24-29-47(50)51/h7,9,30,39-41,43-46H,6,8,10-29,31-38H2,1-5H3,(H,50,51)/t40-,41?,43?,44-,45?,46?,48+,49-/m1/s1. The molecule has 4 aliphatic rings. The summed E-state index contributed by atoms with van der Waals surface area (Å²) in [7, 11) is 0. The minimum absolute atomic E-state index is 0.339. The van der Waals surface area contributed by atoms with Crippen molar-refractivity contribution in [3.8, 4) is 0 Å². The lowest BCUT2D eigenvalue weighted by atomic mass is 9.46. The molecule has 0 aromatic rings. The molecule has 0 aromatic heterocycles. The van der Waals surface area contributed by atoms with Crippen LogP contribution in [0.25, 0.3) is 0 Å². The number of hydrogen-bond donors (Lipinski definition) is 1. The van der Waals surface area contributed by atoms with Crippen LogP contribution >= 0.6 is 0 Å². The average Bonchev–Trinajstić information content (AvgIpc) is 3.46. The number of hydrogen-bond acceptors (Lipinski definition) is 1. The van der Waals surface area contributed by atoms with E-state index in [0.29, 0.717) is 17.3 Å². The zero-order valence-corrected chi connectivity index (χ0v) is 34.8. The first-order chi connectivity index (χ1) is 24.6. The van der Waals surface area contributed by atoms with Gasteiger partial charge < -0.3 is 5.11 Å². The number of unbranched alkanes of at least 4 members (excludes halogenated alkanes) is 15. The maximum absolute atomic E-state index is 10.5. The van der Waals surface area contributed by atoms with Gasteiger partial charge in [-0.2, -0.15) is 0 Å². The van der Waals surface area contributed by atoms with Gasteiger partial charge in [-0.1, -0.05) is 161 Å². The molecule has 3 saturated carbocycles. The van der Waals surface area contributed by atoms with Crippen LogP contribution in [0.1, 0.15) is 227 Å². The van der Waals surface area contributed by atoms with Gasteiger partial charge in [0.05, 0.1) is 0 Å². The van der Waals surface area contributed by atoms with Gasteiger partial charge in [-0.15, -0.1) is 0 Å². The Hall–Kier alpha value is -1.05. The molecule has 4 rings (SSSR count). The van der Waals surface area contributed by atoms with Crippen molar-refractivity contribution in [3.05, 3.63) is 23.8 Å². The van der Waals surface area contributed by atoms with Gasteiger partial charge in [-0.25, -0.2) is 0 Å². The van der Waals surface area contributed by atoms with Crippen LogP contribution in [-0.2, 0) is 4.79 Å². The fraction of sp³-hybridized carbons (Fsp3) is 0.898. The van der Waals surface area contributed by atoms with Gasteiger partial charge in [-0.05, 0) is 136 Å². The molecular weight excluding hydrogens is 621 g/mol. The van der Waals surface area contributed by atoms with Crippen LogP contribution in [0.15, 0.2) is 23.8 Å². The number of rotatable bonds is 26. The molecule has 0 aliphatic heterocycles. The van der Waals surface area contributed by atoms with Crippen molar-refractivity contribution in [2.75, 3.05) is 0 Å². The topological polar surface area (TPSA) is 37.3 Å². The first-order valence-electron chi connectivity index (χ1n) is 23.2. The highest BCUT2D eigenvalue weighted by atomic mass is 16.4. The number of allylic oxidation sites excluding steroid dienone is 4. The SMILES string of the molecule is CC(C)CCC[C@@H](C)[C@H]1CCC2C3CC=C4CC(CCCCCCCCC=CCCCCCCCCCCCC(=O)O)CC[C@]4(C)C3CC[C@@]21C. The molecule has 294 valence electrons. The maximum Gasteiger partial charge on any atom is 0.303 e. The Balaban J connectivity index is 1.01. The summed E-state index contributed by atoms with van der Waals surface area (Å²) in [5, 5.41) is 8.69. The fourth-order valence-corrected chi connectivity index (χ4v) is 12.4. The molecule has 0 heterocycles. The quantitative estimate of drug-likeness (QED) is 0.0718. The number of carboxylic acids is 1. The molecular formula is C49H86O2. The van der Waals surface area contributed by atoms with Crippen LogP contribution in [0.3, 0.4) is 0 Å². The predicted molar refractivity (Wildman–Crippen MR) is 221 cm³/mol. The highest BCUT2D eigenvalue weighted by Crippen LogP contribution is 2.67. The van der Waals surface area contributed by atoms with Crippen LogP contribution in [0.5, 0.6) is 0 Å². The third kappa shape index (κ3) is 13.0. The molecule has 0 radical (unpaired) electrons. The molecule has 1 N–H and O–H groups in total. The Morgan fingerprint density at radius 1 is 0.725 bits per heavy atom. The molecule has 0 bridgehead atoms. The summed E-state index contributed by atoms with van der Waals surface area (Å²) in [6.45, 7) is 12.9. The molecule has 4 unspecified atom stereocenters. The maximum atomic E-state index is 10.5. The summed E-state index contributed by atoms with van der Waals surface area (Å²) in [5.41, 5.74) is 3.04. The Morgan fingerprint density at radius 2 is 1.33 bits per heavy atom. The molecule has 0 aromatic carbocycles. The van der Waals surface area contributed by atoms with Crippen LogP contribution < -0.4 is 0 Å². The molecule has 0 amide bonds. The lowest BCUT2D eigenvalue weighted by Gasteiger charge is -2.58. The van der Waals surface area contributed by atoms with Crippen molar-refractivity contribution >= 4 is 5.97 Å². The fourth-order valence-electron chi connectivity index (χ4n) is 12.4. The first kappa shape index (κ1) is 42.7. The van der Waals surface area contributed by atoms with Gasteiger partial charge in [0.25, 0.3) is 0 Å². The highest BCUT2D eigenvalue weighted by Gasteiger charge is 2.59. The van der Waals surface area contributed by atoms with Gasteiger partial charge in [0, 0.05) is 6.42 Å². The van der Waals surface area contributed by atoms with Crippen molar-refractivity contribution in [1.29, 1.82) is 0 Å². The van der Waals surface area contributed by atoms with Gasteiger partial charge >= 0.3 is 5.97 Å². The normalized spacial score (nSPS) is 31.0. The second-order valence-corrected chi connectivity index (χ2v) is 19.7. The van der Waals surface area contributed by atoms with Crippen LogP contribution in [0.2, 0.25) is 0 Å². The van der Waals surface area contributed by atoms with E-state index in [4.69, 9.17) is 5.11 Å². The van der Waals surface area contributed by atoms with E-state index in [1.54, 1.807) is 0 Å². The molecule has 2 heteroatoms. The van der Waals surface area contributed by atoms with Gasteiger partial charge in [-0.3, -0.25) is 4.79 Å². The summed E-state index contributed by atoms with van der Waals surface area (Å²) in [6.07, 6.45) is 48.0. The number of carboxylic acid groups (broad SMARTS) is 1. The summed E-state index contributed by atoms with van der Waals surface area (Å²) in [6, 6.07) is 0. The van der Waals surface area contributed by atoms with Crippen molar-refractivity contribution in [1.82, 2.24) is 0 Å². The number of carbonyl (C=O) groups is 1. The lowest BCUT2D eigenvalue weighted by Crippen LogP contribution is -2.50. The van der Waals surface area contributed by atoms with E-state index < -0.39 is 5.97 Å². The smallest absolute Gasteiger partial charge is 0.303 e. The second kappa shape index (κ2) is 22.4. The largest absolute Gasteiger partial charge is 0.481 e. The second-order valence-electron chi connectivity index (χ2n) is 19.7. The van der Waals surface area contributed by atoms with E-state index >= 15 is 0 Å². The van der Waals surface area contributed by atoms with E-state index in [1.807, 2.05) is 5.57 Å². The number of aliphatic carboxylic acids is 1. The van der Waals surface area contributed by atoms with Gasteiger partial charge in [0.15, 0.2) is 0 Å². The molecule has 0 saturated heterocycles. The highest BCUT2D eigenvalue weighted by molar-refractivity contribution is 5.66. The summed E-state index contributed by atoms with van der Waals surface area (Å²) >= 11 is 0. The average molecular weight is 707 g/mol. The van der Waals surface area contributed by atoms with Crippen LogP contribution in [0, 0.1) is 52.3 Å². The molecule has 4 aliphatic carbocycles. The first-order valence-corrected chi connectivity index (χ1v) is 23.2. The predicted octanol–water partition coefficient (Wildman–Crippen LogP) is 15.7. The summed E-state index contributed by atoms with van der Waals surface area (Å²) in [4.78, 5) is 10.5. The lowest BCUT2D eigenvalue weighted by molar-refractivity contribution is -0.137. The molecule has 8 atom stereocenters. The van der Waals surface area contributed by atoms with E-state index in [2.05, 4.69) is 52.8 Å². The molecule has 0 spiro atoms. The Labute approximate surface area is 318 Å². The zero-order valence-electron chi connectivity index (χ0n) is 34.8. The van der Waals surface area contributed by atoms with E-state index in [1.165, 1.54) is 173 Å². The minimum atomic E-state index is -0.651.